The zero-order valence-electron chi connectivity index (χ0n) is 6.74. The number of fused-ring (bicyclic) bond motifs is 1. The first-order chi connectivity index (χ1) is 6.33. The van der Waals surface area contributed by atoms with E-state index in [9.17, 15) is 4.39 Å². The number of rotatable bonds is 1. The molecule has 0 aliphatic carbocycles. The summed E-state index contributed by atoms with van der Waals surface area (Å²) in [4.78, 5) is 0. The third-order valence-electron chi connectivity index (χ3n) is 1.92. The lowest BCUT2D eigenvalue weighted by molar-refractivity contribution is 0.699. The molecule has 66 valence electrons. The first-order valence-corrected chi connectivity index (χ1v) is 4.29. The van der Waals surface area contributed by atoms with E-state index in [-0.39, 0.29) is 0 Å². The number of benzene rings is 1. The SMILES string of the molecule is F/C(=C\Cl)n1ccc2ccccc21. The fraction of sp³-hybridized carbons (Fsp3) is 0. The van der Waals surface area contributed by atoms with Gasteiger partial charge in [-0.2, -0.15) is 4.39 Å². The fourth-order valence-corrected chi connectivity index (χ4v) is 1.43. The molecule has 1 nitrogen and oxygen atoms in total. The van der Waals surface area contributed by atoms with Gasteiger partial charge in [0.25, 0.3) is 0 Å². The van der Waals surface area contributed by atoms with Crippen molar-refractivity contribution < 1.29 is 4.39 Å². The molecule has 0 radical (unpaired) electrons. The van der Waals surface area contributed by atoms with E-state index in [0.717, 1.165) is 16.4 Å². The zero-order chi connectivity index (χ0) is 9.26. The topological polar surface area (TPSA) is 4.93 Å². The van der Waals surface area contributed by atoms with Gasteiger partial charge in [0, 0.05) is 11.6 Å². The average Bonchev–Trinajstić information content (AvgIpc) is 2.60. The van der Waals surface area contributed by atoms with E-state index >= 15 is 0 Å². The van der Waals surface area contributed by atoms with E-state index in [1.54, 1.807) is 6.20 Å². The van der Waals surface area contributed by atoms with Crippen LogP contribution in [-0.2, 0) is 0 Å². The summed E-state index contributed by atoms with van der Waals surface area (Å²) in [5.41, 5.74) is 1.74. The molecule has 0 N–H and O–H groups in total. The Balaban J connectivity index is 2.71. The second-order valence-electron chi connectivity index (χ2n) is 2.68. The monoisotopic (exact) mass is 195 g/mol. The highest BCUT2D eigenvalue weighted by atomic mass is 35.5. The second-order valence-corrected chi connectivity index (χ2v) is 2.89. The third kappa shape index (κ3) is 1.33. The van der Waals surface area contributed by atoms with Crippen molar-refractivity contribution in [2.45, 2.75) is 0 Å². The lowest BCUT2D eigenvalue weighted by atomic mass is 10.2. The Morgan fingerprint density at radius 1 is 1.31 bits per heavy atom. The minimum absolute atomic E-state index is 0.470. The molecule has 0 aliphatic heterocycles. The molecule has 0 bridgehead atoms. The summed E-state index contributed by atoms with van der Waals surface area (Å²) in [7, 11) is 0. The summed E-state index contributed by atoms with van der Waals surface area (Å²) in [6.45, 7) is 0. The number of halogens is 2. The largest absolute Gasteiger partial charge is 0.292 e. The molecule has 0 amide bonds. The quantitative estimate of drug-likeness (QED) is 0.655. The van der Waals surface area contributed by atoms with Crippen LogP contribution in [0.3, 0.4) is 0 Å². The van der Waals surface area contributed by atoms with Crippen LogP contribution in [0.4, 0.5) is 4.39 Å². The Kier molecular flexibility index (Phi) is 2.07. The predicted octanol–water partition coefficient (Wildman–Crippen LogP) is 3.61. The van der Waals surface area contributed by atoms with Crippen molar-refractivity contribution >= 4 is 28.5 Å². The molecule has 0 saturated carbocycles. The minimum Gasteiger partial charge on any atom is -0.292 e. The van der Waals surface area contributed by atoms with Gasteiger partial charge in [0.1, 0.15) is 0 Å². The highest BCUT2D eigenvalue weighted by Crippen LogP contribution is 2.20. The molecule has 0 spiro atoms. The molecular formula is C10H7ClFN. The van der Waals surface area contributed by atoms with E-state index in [0.29, 0.717) is 0 Å². The minimum atomic E-state index is -0.470. The smallest absolute Gasteiger partial charge is 0.209 e. The number of aromatic nitrogens is 1. The number of hydrogen-bond acceptors (Lipinski definition) is 0. The third-order valence-corrected chi connectivity index (χ3v) is 2.10. The lowest BCUT2D eigenvalue weighted by Gasteiger charge is -1.99. The maximum absolute atomic E-state index is 13.1. The van der Waals surface area contributed by atoms with Crippen molar-refractivity contribution in [1.29, 1.82) is 0 Å². The summed E-state index contributed by atoms with van der Waals surface area (Å²) in [5.74, 6) is -0.470. The van der Waals surface area contributed by atoms with Crippen molar-refractivity contribution in [3.05, 3.63) is 42.1 Å². The van der Waals surface area contributed by atoms with E-state index in [1.165, 1.54) is 4.57 Å². The maximum atomic E-state index is 13.1. The van der Waals surface area contributed by atoms with Crippen LogP contribution in [0.25, 0.3) is 16.9 Å². The molecule has 0 unspecified atom stereocenters. The van der Waals surface area contributed by atoms with Crippen molar-refractivity contribution in [1.82, 2.24) is 4.57 Å². The highest BCUT2D eigenvalue weighted by Gasteiger charge is 2.02. The van der Waals surface area contributed by atoms with Crippen LogP contribution in [0.2, 0.25) is 0 Å². The van der Waals surface area contributed by atoms with Gasteiger partial charge in [-0.25, -0.2) is 0 Å². The van der Waals surface area contributed by atoms with Crippen LogP contribution in [0.5, 0.6) is 0 Å². The van der Waals surface area contributed by atoms with Crippen LogP contribution in [-0.4, -0.2) is 4.57 Å². The van der Waals surface area contributed by atoms with Gasteiger partial charge >= 0.3 is 0 Å². The van der Waals surface area contributed by atoms with Crippen molar-refractivity contribution in [3.63, 3.8) is 0 Å². The van der Waals surface area contributed by atoms with E-state index in [2.05, 4.69) is 0 Å². The van der Waals surface area contributed by atoms with Gasteiger partial charge in [0.15, 0.2) is 0 Å². The Hall–Kier alpha value is -1.28. The molecule has 2 aromatic rings. The van der Waals surface area contributed by atoms with Crippen molar-refractivity contribution in [2.24, 2.45) is 0 Å². The normalized spacial score (nSPS) is 12.3. The lowest BCUT2D eigenvalue weighted by Crippen LogP contribution is -1.87. The summed E-state index contributed by atoms with van der Waals surface area (Å²) in [5, 5.41) is 0.996. The maximum Gasteiger partial charge on any atom is 0.209 e. The second kappa shape index (κ2) is 3.23. The van der Waals surface area contributed by atoms with E-state index in [1.807, 2.05) is 30.3 Å². The number of para-hydroxylation sites is 1. The number of hydrogen-bond donors (Lipinski definition) is 0. The summed E-state index contributed by atoms with van der Waals surface area (Å²) in [6, 6.07) is 9.38. The summed E-state index contributed by atoms with van der Waals surface area (Å²) in [6.07, 6.45) is 1.65. The molecule has 1 aromatic heterocycles. The molecule has 0 fully saturated rings. The molecule has 1 aromatic carbocycles. The predicted molar refractivity (Wildman–Crippen MR) is 53.2 cm³/mol. The first-order valence-electron chi connectivity index (χ1n) is 3.85. The van der Waals surface area contributed by atoms with Crippen LogP contribution in [0, 0.1) is 0 Å². The standard InChI is InChI=1S/C10H7ClFN/c11-7-10(12)13-6-5-8-3-1-2-4-9(8)13/h1-7H/b10-7+. The Morgan fingerprint density at radius 3 is 2.85 bits per heavy atom. The molecule has 0 saturated heterocycles. The first kappa shape index (κ1) is 8.32. The molecule has 0 aliphatic rings. The molecular weight excluding hydrogens is 189 g/mol. The van der Waals surface area contributed by atoms with Gasteiger partial charge in [-0.15, -0.1) is 0 Å². The van der Waals surface area contributed by atoms with Crippen molar-refractivity contribution in [2.75, 3.05) is 0 Å². The number of nitrogens with zero attached hydrogens (tertiary/aromatic N) is 1. The Labute approximate surface area is 80.0 Å². The molecule has 1 heterocycles. The van der Waals surface area contributed by atoms with E-state index in [4.69, 9.17) is 11.6 Å². The zero-order valence-corrected chi connectivity index (χ0v) is 7.50. The van der Waals surface area contributed by atoms with Gasteiger partial charge in [0.2, 0.25) is 5.95 Å². The van der Waals surface area contributed by atoms with Gasteiger partial charge < -0.3 is 0 Å². The fourth-order valence-electron chi connectivity index (χ4n) is 1.32. The molecule has 3 heteroatoms. The highest BCUT2D eigenvalue weighted by molar-refractivity contribution is 6.27. The summed E-state index contributed by atoms with van der Waals surface area (Å²) < 4.78 is 14.5. The van der Waals surface area contributed by atoms with Crippen molar-refractivity contribution in [3.8, 4) is 0 Å². The van der Waals surface area contributed by atoms with Gasteiger partial charge in [-0.1, -0.05) is 29.8 Å². The molecule has 2 rings (SSSR count). The van der Waals surface area contributed by atoms with Gasteiger partial charge in [-0.3, -0.25) is 4.57 Å². The van der Waals surface area contributed by atoms with Gasteiger partial charge in [0.05, 0.1) is 11.1 Å². The van der Waals surface area contributed by atoms with Crippen LogP contribution >= 0.6 is 11.6 Å². The van der Waals surface area contributed by atoms with Crippen LogP contribution in [0.1, 0.15) is 0 Å². The summed E-state index contributed by atoms with van der Waals surface area (Å²) >= 11 is 5.29. The Morgan fingerprint density at radius 2 is 2.08 bits per heavy atom. The Bertz CT molecular complexity index is 459. The van der Waals surface area contributed by atoms with E-state index < -0.39 is 5.95 Å². The molecule has 0 atom stereocenters. The van der Waals surface area contributed by atoms with Crippen LogP contribution < -0.4 is 0 Å². The van der Waals surface area contributed by atoms with Gasteiger partial charge in [-0.05, 0) is 12.1 Å². The van der Waals surface area contributed by atoms with Crippen LogP contribution in [0.15, 0.2) is 42.1 Å². The molecule has 13 heavy (non-hydrogen) atoms. The average molecular weight is 196 g/mol.